The van der Waals surface area contributed by atoms with Gasteiger partial charge in [-0.3, -0.25) is 4.79 Å². The molecule has 5 nitrogen and oxygen atoms in total. The lowest BCUT2D eigenvalue weighted by Crippen LogP contribution is -2.91. The zero-order valence-electron chi connectivity index (χ0n) is 14.6. The quantitative estimate of drug-likeness (QED) is 0.786. The van der Waals surface area contributed by atoms with E-state index in [0.717, 1.165) is 0 Å². The number of carbonyl (C=O) groups is 2. The number of ether oxygens (including phenoxy) is 1. The molecule has 3 N–H and O–H groups in total. The molecule has 1 aromatic carbocycles. The minimum Gasteiger partial charge on any atom is -0.462 e. The Hall–Kier alpha value is -1.88. The van der Waals surface area contributed by atoms with Gasteiger partial charge in [0.15, 0.2) is 6.54 Å². The van der Waals surface area contributed by atoms with Gasteiger partial charge in [0.1, 0.15) is 0 Å². The monoisotopic (exact) mass is 333 g/mol. The summed E-state index contributed by atoms with van der Waals surface area (Å²) in [6.45, 7) is 2.47. The minimum absolute atomic E-state index is 0.0752. The summed E-state index contributed by atoms with van der Waals surface area (Å²) in [4.78, 5) is 24.2. The van der Waals surface area contributed by atoms with E-state index in [-0.39, 0.29) is 5.91 Å². The summed E-state index contributed by atoms with van der Waals surface area (Å²) in [6, 6.07) is 7.52. The van der Waals surface area contributed by atoms with Crippen LogP contribution in [-0.2, 0) is 9.53 Å². The smallest absolute Gasteiger partial charge is 0.340 e. The molecular formula is C19H29N2O3+. The molecule has 1 amide bonds. The average Bonchev–Trinajstić information content (AvgIpc) is 2.54. The number of quaternary nitrogens is 1. The summed E-state index contributed by atoms with van der Waals surface area (Å²) in [7, 11) is 0. The molecule has 5 heteroatoms. The molecule has 0 atom stereocenters. The number of carbonyl (C=O) groups excluding carboxylic acids is 2. The van der Waals surface area contributed by atoms with E-state index in [1.807, 2.05) is 0 Å². The van der Waals surface area contributed by atoms with Gasteiger partial charge in [-0.05, 0) is 44.7 Å². The highest BCUT2D eigenvalue weighted by Gasteiger charge is 2.18. The third-order valence-corrected chi connectivity index (χ3v) is 4.48. The van der Waals surface area contributed by atoms with Crippen LogP contribution in [0, 0.1) is 0 Å². The molecule has 132 valence electrons. The Labute approximate surface area is 144 Å². The van der Waals surface area contributed by atoms with Crippen LogP contribution in [0.2, 0.25) is 0 Å². The lowest BCUT2D eigenvalue weighted by Gasteiger charge is -2.18. The molecule has 1 aliphatic carbocycles. The first-order chi connectivity index (χ1) is 11.7. The predicted molar refractivity (Wildman–Crippen MR) is 93.9 cm³/mol. The fourth-order valence-electron chi connectivity index (χ4n) is 3.18. The van der Waals surface area contributed by atoms with Crippen LogP contribution in [0.25, 0.3) is 0 Å². The number of anilines is 1. The van der Waals surface area contributed by atoms with Gasteiger partial charge in [0.2, 0.25) is 0 Å². The number of amides is 1. The molecule has 0 saturated heterocycles. The van der Waals surface area contributed by atoms with E-state index in [4.69, 9.17) is 4.74 Å². The van der Waals surface area contributed by atoms with Crippen molar-refractivity contribution >= 4 is 17.6 Å². The van der Waals surface area contributed by atoms with Gasteiger partial charge in [-0.25, -0.2) is 4.79 Å². The molecule has 0 aromatic heterocycles. The second kappa shape index (κ2) is 10.1. The first-order valence-electron chi connectivity index (χ1n) is 9.10. The maximum Gasteiger partial charge on any atom is 0.340 e. The third-order valence-electron chi connectivity index (χ3n) is 4.48. The Kier molecular flexibility index (Phi) is 7.75. The number of para-hydroxylation sites is 1. The lowest BCUT2D eigenvalue weighted by atomic mass is 9.97. The first kappa shape index (κ1) is 18.5. The second-order valence-electron chi connectivity index (χ2n) is 6.36. The molecule has 0 unspecified atom stereocenters. The van der Waals surface area contributed by atoms with Crippen molar-refractivity contribution in [2.75, 3.05) is 18.5 Å². The number of hydrogen-bond donors (Lipinski definition) is 2. The van der Waals surface area contributed by atoms with Crippen molar-refractivity contribution < 1.29 is 19.6 Å². The average molecular weight is 333 g/mol. The Morgan fingerprint density at radius 1 is 1.12 bits per heavy atom. The Morgan fingerprint density at radius 3 is 2.50 bits per heavy atom. The molecule has 0 radical (unpaired) electrons. The molecule has 1 saturated carbocycles. The zero-order chi connectivity index (χ0) is 17.2. The summed E-state index contributed by atoms with van der Waals surface area (Å²) in [6.07, 6.45) is 8.85. The Morgan fingerprint density at radius 2 is 1.79 bits per heavy atom. The molecule has 1 fully saturated rings. The molecule has 1 aromatic rings. The maximum absolute atomic E-state index is 12.2. The molecule has 2 rings (SSSR count). The summed E-state index contributed by atoms with van der Waals surface area (Å²) >= 11 is 0. The van der Waals surface area contributed by atoms with E-state index in [1.54, 1.807) is 31.2 Å². The van der Waals surface area contributed by atoms with Gasteiger partial charge < -0.3 is 15.4 Å². The Balaban J connectivity index is 1.86. The van der Waals surface area contributed by atoms with Crippen LogP contribution >= 0.6 is 0 Å². The van der Waals surface area contributed by atoms with Crippen LogP contribution in [0.3, 0.4) is 0 Å². The number of hydrogen-bond acceptors (Lipinski definition) is 3. The van der Waals surface area contributed by atoms with Gasteiger partial charge in [-0.1, -0.05) is 31.4 Å². The standard InChI is InChI=1S/C19H28N2O3/c1-2-24-19(23)16-12-8-9-13-17(16)21-18(22)14-20-15-10-6-4-3-5-7-11-15/h8-9,12-13,15,20H,2-7,10-11,14H2,1H3,(H,21,22)/p+1. The Bertz CT molecular complexity index is 537. The van der Waals surface area contributed by atoms with Crippen molar-refractivity contribution in [3.63, 3.8) is 0 Å². The third kappa shape index (κ3) is 5.96. The number of rotatable bonds is 6. The van der Waals surface area contributed by atoms with Gasteiger partial charge >= 0.3 is 5.97 Å². The maximum atomic E-state index is 12.2. The van der Waals surface area contributed by atoms with E-state index in [9.17, 15) is 9.59 Å². The van der Waals surface area contributed by atoms with Crippen molar-refractivity contribution in [2.45, 2.75) is 57.9 Å². The predicted octanol–water partition coefficient (Wildman–Crippen LogP) is 2.48. The SMILES string of the molecule is CCOC(=O)c1ccccc1NC(=O)C[NH2+]C1CCCCCCC1. The topological polar surface area (TPSA) is 72.0 Å². The molecule has 0 bridgehead atoms. The van der Waals surface area contributed by atoms with Crippen LogP contribution in [-0.4, -0.2) is 31.1 Å². The second-order valence-corrected chi connectivity index (χ2v) is 6.36. The number of esters is 1. The van der Waals surface area contributed by atoms with Crippen molar-refractivity contribution in [2.24, 2.45) is 0 Å². The highest BCUT2D eigenvalue weighted by Crippen LogP contribution is 2.16. The highest BCUT2D eigenvalue weighted by molar-refractivity contribution is 6.01. The molecular weight excluding hydrogens is 304 g/mol. The van der Waals surface area contributed by atoms with Crippen molar-refractivity contribution in [1.29, 1.82) is 0 Å². The zero-order valence-corrected chi connectivity index (χ0v) is 14.6. The van der Waals surface area contributed by atoms with Crippen LogP contribution in [0.4, 0.5) is 5.69 Å². The van der Waals surface area contributed by atoms with Crippen LogP contribution in [0.5, 0.6) is 0 Å². The highest BCUT2D eigenvalue weighted by atomic mass is 16.5. The fraction of sp³-hybridized carbons (Fsp3) is 0.579. The minimum atomic E-state index is -0.405. The molecule has 0 heterocycles. The van der Waals surface area contributed by atoms with E-state index >= 15 is 0 Å². The van der Waals surface area contributed by atoms with Gasteiger partial charge in [0.05, 0.1) is 23.9 Å². The number of nitrogens with one attached hydrogen (secondary N) is 1. The van der Waals surface area contributed by atoms with E-state index < -0.39 is 5.97 Å². The molecule has 0 aliphatic heterocycles. The van der Waals surface area contributed by atoms with Gasteiger partial charge in [0.25, 0.3) is 5.91 Å². The molecule has 0 spiro atoms. The van der Waals surface area contributed by atoms with Gasteiger partial charge in [-0.2, -0.15) is 0 Å². The lowest BCUT2D eigenvalue weighted by molar-refractivity contribution is -0.680. The van der Waals surface area contributed by atoms with Gasteiger partial charge in [0, 0.05) is 0 Å². The van der Waals surface area contributed by atoms with E-state index in [1.165, 1.54) is 44.9 Å². The summed E-state index contributed by atoms with van der Waals surface area (Å²) < 4.78 is 5.03. The van der Waals surface area contributed by atoms with Crippen LogP contribution in [0.1, 0.15) is 62.2 Å². The van der Waals surface area contributed by atoms with Crippen molar-refractivity contribution in [1.82, 2.24) is 0 Å². The molecule has 24 heavy (non-hydrogen) atoms. The van der Waals surface area contributed by atoms with E-state index in [0.29, 0.717) is 30.4 Å². The van der Waals surface area contributed by atoms with Crippen LogP contribution < -0.4 is 10.6 Å². The summed E-state index contributed by atoms with van der Waals surface area (Å²) in [5.74, 6) is -0.480. The van der Waals surface area contributed by atoms with Crippen LogP contribution in [0.15, 0.2) is 24.3 Å². The fourth-order valence-corrected chi connectivity index (χ4v) is 3.18. The number of nitrogens with two attached hydrogens (primary N) is 1. The largest absolute Gasteiger partial charge is 0.462 e. The normalized spacial score (nSPS) is 16.0. The van der Waals surface area contributed by atoms with E-state index in [2.05, 4.69) is 10.6 Å². The van der Waals surface area contributed by atoms with Crippen molar-refractivity contribution in [3.05, 3.63) is 29.8 Å². The number of benzene rings is 1. The van der Waals surface area contributed by atoms with Gasteiger partial charge in [-0.15, -0.1) is 0 Å². The first-order valence-corrected chi connectivity index (χ1v) is 9.10. The van der Waals surface area contributed by atoms with Crippen molar-refractivity contribution in [3.8, 4) is 0 Å². The summed E-state index contributed by atoms with van der Waals surface area (Å²) in [5.41, 5.74) is 0.922. The summed E-state index contributed by atoms with van der Waals surface area (Å²) in [5, 5.41) is 4.99. The molecule has 1 aliphatic rings.